The van der Waals surface area contributed by atoms with Gasteiger partial charge in [0.15, 0.2) is 0 Å². The van der Waals surface area contributed by atoms with E-state index in [1.165, 1.54) is 12.1 Å². The summed E-state index contributed by atoms with van der Waals surface area (Å²) >= 11 is 1.78. The molecule has 6 heteroatoms. The zero-order valence-electron chi connectivity index (χ0n) is 13.7. The summed E-state index contributed by atoms with van der Waals surface area (Å²) in [6.07, 6.45) is 2.11. The molecule has 1 aromatic carbocycles. The van der Waals surface area contributed by atoms with E-state index in [4.69, 9.17) is 10.5 Å². The Bertz CT molecular complexity index is 426. The van der Waals surface area contributed by atoms with E-state index in [1.807, 2.05) is 12.1 Å². The number of nitrogens with zero attached hydrogens (tertiary/aromatic N) is 1. The van der Waals surface area contributed by atoms with Gasteiger partial charge in [0.2, 0.25) is 0 Å². The summed E-state index contributed by atoms with van der Waals surface area (Å²) in [5, 5.41) is 3.61. The van der Waals surface area contributed by atoms with Crippen molar-refractivity contribution in [2.24, 2.45) is 5.73 Å². The zero-order chi connectivity index (χ0) is 16.3. The van der Waals surface area contributed by atoms with Crippen LogP contribution in [0.5, 0.6) is 0 Å². The molecule has 1 atom stereocenters. The van der Waals surface area contributed by atoms with Gasteiger partial charge in [-0.2, -0.15) is 0 Å². The fraction of sp³-hybridized carbons (Fsp3) is 0.647. The van der Waals surface area contributed by atoms with Crippen molar-refractivity contribution >= 4 is 11.8 Å². The van der Waals surface area contributed by atoms with Crippen LogP contribution >= 0.6 is 11.8 Å². The highest BCUT2D eigenvalue weighted by molar-refractivity contribution is 7.99. The lowest BCUT2D eigenvalue weighted by Gasteiger charge is -2.28. The van der Waals surface area contributed by atoms with Crippen LogP contribution in [0.15, 0.2) is 29.2 Å². The van der Waals surface area contributed by atoms with Crippen LogP contribution in [0.25, 0.3) is 0 Å². The van der Waals surface area contributed by atoms with Gasteiger partial charge >= 0.3 is 0 Å². The number of halogens is 1. The van der Waals surface area contributed by atoms with Gasteiger partial charge in [0.05, 0.1) is 13.2 Å². The number of hydrogen-bond acceptors (Lipinski definition) is 5. The molecule has 1 heterocycles. The summed E-state index contributed by atoms with van der Waals surface area (Å²) in [6.45, 7) is 6.50. The van der Waals surface area contributed by atoms with E-state index >= 15 is 0 Å². The number of morpholine rings is 1. The third-order valence-corrected chi connectivity index (χ3v) is 5.15. The first-order valence-corrected chi connectivity index (χ1v) is 9.38. The van der Waals surface area contributed by atoms with Gasteiger partial charge in [0.1, 0.15) is 5.82 Å². The van der Waals surface area contributed by atoms with E-state index < -0.39 is 0 Å². The minimum absolute atomic E-state index is 0.181. The lowest BCUT2D eigenvalue weighted by Crippen LogP contribution is -2.41. The number of hydrogen-bond donors (Lipinski definition) is 2. The maximum absolute atomic E-state index is 13.0. The fourth-order valence-corrected chi connectivity index (χ4v) is 3.55. The molecule has 4 nitrogen and oxygen atoms in total. The average molecular weight is 341 g/mol. The monoisotopic (exact) mass is 341 g/mol. The van der Waals surface area contributed by atoms with Crippen molar-refractivity contribution in [3.63, 3.8) is 0 Å². The summed E-state index contributed by atoms with van der Waals surface area (Å²) in [7, 11) is 0. The zero-order valence-corrected chi connectivity index (χ0v) is 14.5. The molecule has 23 heavy (non-hydrogen) atoms. The van der Waals surface area contributed by atoms with E-state index in [1.54, 1.807) is 11.8 Å². The molecule has 1 aliphatic rings. The summed E-state index contributed by atoms with van der Waals surface area (Å²) in [5.41, 5.74) is 5.58. The topological polar surface area (TPSA) is 50.5 Å². The molecule has 0 aliphatic carbocycles. The van der Waals surface area contributed by atoms with Gasteiger partial charge in [-0.15, -0.1) is 11.8 Å². The second-order valence-corrected chi connectivity index (χ2v) is 6.89. The van der Waals surface area contributed by atoms with Crippen LogP contribution in [0.4, 0.5) is 4.39 Å². The first-order valence-electron chi connectivity index (χ1n) is 8.40. The number of ether oxygens (including phenoxy) is 1. The number of nitrogens with two attached hydrogens (primary N) is 1. The Balaban J connectivity index is 1.76. The normalized spacial score (nSPS) is 17.3. The van der Waals surface area contributed by atoms with Gasteiger partial charge in [-0.05, 0) is 56.7 Å². The van der Waals surface area contributed by atoms with Crippen molar-refractivity contribution in [2.75, 3.05) is 51.7 Å². The van der Waals surface area contributed by atoms with Crippen molar-refractivity contribution in [1.29, 1.82) is 0 Å². The Morgan fingerprint density at radius 1 is 1.26 bits per heavy atom. The van der Waals surface area contributed by atoms with Gasteiger partial charge < -0.3 is 15.8 Å². The van der Waals surface area contributed by atoms with Crippen molar-refractivity contribution in [1.82, 2.24) is 10.2 Å². The molecule has 1 aliphatic heterocycles. The van der Waals surface area contributed by atoms with Crippen LogP contribution in [0.2, 0.25) is 0 Å². The second kappa shape index (κ2) is 11.0. The lowest BCUT2D eigenvalue weighted by atomic mass is 10.2. The van der Waals surface area contributed by atoms with E-state index in [0.717, 1.165) is 62.9 Å². The standard InChI is InChI=1S/C17H28FN3OS/c18-15-2-4-17(5-3-15)23-14-16(20-8-1-7-19)6-9-21-10-12-22-13-11-21/h2-5,16,20H,1,6-14,19H2/t16-/m1/s1. The maximum Gasteiger partial charge on any atom is 0.123 e. The fourth-order valence-electron chi connectivity index (χ4n) is 2.54. The number of thioether (sulfide) groups is 1. The molecular weight excluding hydrogens is 313 g/mol. The largest absolute Gasteiger partial charge is 0.379 e. The van der Waals surface area contributed by atoms with E-state index in [-0.39, 0.29) is 5.82 Å². The first kappa shape index (κ1) is 18.7. The molecule has 130 valence electrons. The minimum Gasteiger partial charge on any atom is -0.379 e. The first-order chi connectivity index (χ1) is 11.3. The van der Waals surface area contributed by atoms with Gasteiger partial charge in [-0.1, -0.05) is 0 Å². The van der Waals surface area contributed by atoms with Gasteiger partial charge in [0.25, 0.3) is 0 Å². The molecule has 0 unspecified atom stereocenters. The molecule has 0 spiro atoms. The van der Waals surface area contributed by atoms with E-state index in [0.29, 0.717) is 12.6 Å². The third kappa shape index (κ3) is 7.63. The number of benzene rings is 1. The highest BCUT2D eigenvalue weighted by atomic mass is 32.2. The number of rotatable bonds is 10. The van der Waals surface area contributed by atoms with Gasteiger partial charge in [-0.3, -0.25) is 4.90 Å². The molecule has 1 saturated heterocycles. The van der Waals surface area contributed by atoms with E-state index in [2.05, 4.69) is 10.2 Å². The van der Waals surface area contributed by atoms with Crippen LogP contribution in [-0.4, -0.2) is 62.6 Å². The predicted octanol–water partition coefficient (Wildman–Crippen LogP) is 1.95. The highest BCUT2D eigenvalue weighted by Crippen LogP contribution is 2.20. The molecule has 1 fully saturated rings. The van der Waals surface area contributed by atoms with Crippen LogP contribution < -0.4 is 11.1 Å². The van der Waals surface area contributed by atoms with Crippen molar-refractivity contribution in [3.05, 3.63) is 30.1 Å². The van der Waals surface area contributed by atoms with Gasteiger partial charge in [0, 0.05) is 29.8 Å². The molecule has 3 N–H and O–H groups in total. The summed E-state index contributed by atoms with van der Waals surface area (Å²) < 4.78 is 18.4. The molecule has 0 saturated carbocycles. The van der Waals surface area contributed by atoms with Crippen molar-refractivity contribution < 1.29 is 9.13 Å². The van der Waals surface area contributed by atoms with Crippen molar-refractivity contribution in [2.45, 2.75) is 23.8 Å². The third-order valence-electron chi connectivity index (χ3n) is 3.98. The van der Waals surface area contributed by atoms with Crippen molar-refractivity contribution in [3.8, 4) is 0 Å². The SMILES string of the molecule is NCCCN[C@H](CCN1CCOCC1)CSc1ccc(F)cc1. The summed E-state index contributed by atoms with van der Waals surface area (Å²) in [5.74, 6) is 0.805. The minimum atomic E-state index is -0.181. The maximum atomic E-state index is 13.0. The Kier molecular flexibility index (Phi) is 8.93. The van der Waals surface area contributed by atoms with Crippen LogP contribution in [-0.2, 0) is 4.74 Å². The Hall–Kier alpha value is -0.660. The molecular formula is C17H28FN3OS. The van der Waals surface area contributed by atoms with E-state index in [9.17, 15) is 4.39 Å². The van der Waals surface area contributed by atoms with Gasteiger partial charge in [-0.25, -0.2) is 4.39 Å². The smallest absolute Gasteiger partial charge is 0.123 e. The molecule has 0 radical (unpaired) electrons. The van der Waals surface area contributed by atoms with Crippen LogP contribution in [0.1, 0.15) is 12.8 Å². The Morgan fingerprint density at radius 2 is 2.00 bits per heavy atom. The quantitative estimate of drug-likeness (QED) is 0.503. The highest BCUT2D eigenvalue weighted by Gasteiger charge is 2.14. The molecule has 0 amide bonds. The summed E-state index contributed by atoms with van der Waals surface area (Å²) in [6, 6.07) is 7.18. The molecule has 2 rings (SSSR count). The Labute approximate surface area is 142 Å². The molecule has 0 bridgehead atoms. The summed E-state index contributed by atoms with van der Waals surface area (Å²) in [4.78, 5) is 3.58. The van der Waals surface area contributed by atoms with Crippen LogP contribution in [0, 0.1) is 5.82 Å². The average Bonchev–Trinajstić information content (AvgIpc) is 2.59. The molecule has 0 aromatic heterocycles. The predicted molar refractivity (Wildman–Crippen MR) is 94.5 cm³/mol. The van der Waals surface area contributed by atoms with Crippen LogP contribution in [0.3, 0.4) is 0 Å². The molecule has 1 aromatic rings. The lowest BCUT2D eigenvalue weighted by molar-refractivity contribution is 0.0364. The number of nitrogens with one attached hydrogen (secondary N) is 1. The second-order valence-electron chi connectivity index (χ2n) is 5.80. The Morgan fingerprint density at radius 3 is 2.70 bits per heavy atom.